The van der Waals surface area contributed by atoms with Crippen LogP contribution < -0.4 is 0 Å². The molecule has 0 aromatic rings. The molecule has 20 heavy (non-hydrogen) atoms. The van der Waals surface area contributed by atoms with Crippen LogP contribution >= 0.6 is 0 Å². The van der Waals surface area contributed by atoms with E-state index in [4.69, 9.17) is 10.5 Å². The maximum atomic E-state index is 14.2. The predicted octanol–water partition coefficient (Wildman–Crippen LogP) is 1.80. The Morgan fingerprint density at radius 1 is 1.05 bits per heavy atom. The highest BCUT2D eigenvalue weighted by Gasteiger charge is 2.48. The first kappa shape index (κ1) is 17.8. The number of halogens is 1. The van der Waals surface area contributed by atoms with Gasteiger partial charge in [0, 0.05) is 19.3 Å². The Bertz CT molecular complexity index is 378. The monoisotopic (exact) mass is 284 g/mol. The second kappa shape index (κ2) is 9.74. The van der Waals surface area contributed by atoms with Crippen LogP contribution in [0.5, 0.6) is 0 Å². The highest BCUT2D eigenvalue weighted by molar-refractivity contribution is 6.03. The van der Waals surface area contributed by atoms with Gasteiger partial charge in [-0.2, -0.15) is 10.5 Å². The summed E-state index contributed by atoms with van der Waals surface area (Å²) in [6, 6.07) is 3.71. The summed E-state index contributed by atoms with van der Waals surface area (Å²) < 4.78 is 23.5. The molecule has 0 amide bonds. The third kappa shape index (κ3) is 5.66. The Balaban J connectivity index is 4.35. The van der Waals surface area contributed by atoms with Gasteiger partial charge in [-0.3, -0.25) is 0 Å². The van der Waals surface area contributed by atoms with Gasteiger partial charge in [0.1, 0.15) is 0 Å². The summed E-state index contributed by atoms with van der Waals surface area (Å²) in [5.74, 6) is -2.61. The van der Waals surface area contributed by atoms with Gasteiger partial charge in [-0.1, -0.05) is 6.92 Å². The van der Waals surface area contributed by atoms with Crippen molar-refractivity contribution in [1.29, 1.82) is 10.5 Å². The molecule has 6 nitrogen and oxygen atoms in total. The number of carbonyl (C=O) groups is 2. The lowest BCUT2D eigenvalue weighted by atomic mass is 10.0. The fraction of sp³-hybridized carbons (Fsp3) is 0.692. The fourth-order valence-electron chi connectivity index (χ4n) is 1.23. The lowest BCUT2D eigenvalue weighted by molar-refractivity contribution is -0.175. The average Bonchev–Trinajstić information content (AvgIpc) is 2.46. The smallest absolute Gasteiger partial charge is 0.355 e. The third-order valence-corrected chi connectivity index (χ3v) is 2.47. The van der Waals surface area contributed by atoms with Crippen LogP contribution in [-0.4, -0.2) is 30.8 Å². The highest BCUT2D eigenvalue weighted by Crippen LogP contribution is 2.21. The molecule has 0 radical (unpaired) electrons. The first-order valence-corrected chi connectivity index (χ1v) is 6.30. The van der Waals surface area contributed by atoms with Crippen molar-refractivity contribution in [3.05, 3.63) is 0 Å². The summed E-state index contributed by atoms with van der Waals surface area (Å²) in [6.45, 7) is 1.08. The SMILES string of the molecule is CCC(F)(C(=O)OCCCC#N)C(=O)OCCCC#N. The molecule has 110 valence electrons. The summed E-state index contributed by atoms with van der Waals surface area (Å²) in [5, 5.41) is 16.6. The van der Waals surface area contributed by atoms with Crippen molar-refractivity contribution in [3.8, 4) is 12.1 Å². The fourth-order valence-corrected chi connectivity index (χ4v) is 1.23. The van der Waals surface area contributed by atoms with Crippen LogP contribution in [0.2, 0.25) is 0 Å². The summed E-state index contributed by atoms with van der Waals surface area (Å²) in [4.78, 5) is 23.1. The molecule has 0 aromatic heterocycles. The van der Waals surface area contributed by atoms with Gasteiger partial charge >= 0.3 is 17.6 Å². The van der Waals surface area contributed by atoms with Crippen molar-refractivity contribution >= 4 is 11.9 Å². The zero-order chi connectivity index (χ0) is 15.4. The second-order valence-electron chi connectivity index (χ2n) is 3.95. The lowest BCUT2D eigenvalue weighted by Crippen LogP contribution is -2.44. The van der Waals surface area contributed by atoms with Gasteiger partial charge in [0.15, 0.2) is 0 Å². The first-order valence-electron chi connectivity index (χ1n) is 6.30. The molecule has 0 aromatic carbocycles. The number of hydrogen-bond donors (Lipinski definition) is 0. The molecule has 0 bridgehead atoms. The first-order chi connectivity index (χ1) is 9.52. The van der Waals surface area contributed by atoms with E-state index in [1.807, 2.05) is 12.1 Å². The molecular weight excluding hydrogens is 267 g/mol. The molecule has 0 atom stereocenters. The van der Waals surface area contributed by atoms with Crippen LogP contribution in [0.3, 0.4) is 0 Å². The van der Waals surface area contributed by atoms with E-state index in [1.165, 1.54) is 6.92 Å². The molecule has 0 N–H and O–H groups in total. The Labute approximate surface area is 117 Å². The largest absolute Gasteiger partial charge is 0.463 e. The van der Waals surface area contributed by atoms with E-state index in [-0.39, 0.29) is 38.9 Å². The molecule has 0 aliphatic rings. The van der Waals surface area contributed by atoms with Gasteiger partial charge in [-0.15, -0.1) is 0 Å². The number of nitriles is 2. The highest BCUT2D eigenvalue weighted by atomic mass is 19.1. The van der Waals surface area contributed by atoms with E-state index in [0.29, 0.717) is 0 Å². The minimum Gasteiger partial charge on any atom is -0.463 e. The Kier molecular flexibility index (Phi) is 8.69. The van der Waals surface area contributed by atoms with E-state index >= 15 is 0 Å². The van der Waals surface area contributed by atoms with Gasteiger partial charge in [0.25, 0.3) is 0 Å². The summed E-state index contributed by atoms with van der Waals surface area (Å²) in [6.07, 6.45) is 0.508. The van der Waals surface area contributed by atoms with E-state index < -0.39 is 24.0 Å². The number of ether oxygens (including phenoxy) is 2. The van der Waals surface area contributed by atoms with E-state index in [9.17, 15) is 14.0 Å². The Morgan fingerprint density at radius 3 is 1.75 bits per heavy atom. The molecule has 0 rings (SSSR count). The summed E-state index contributed by atoms with van der Waals surface area (Å²) in [7, 11) is 0. The maximum absolute atomic E-state index is 14.2. The third-order valence-electron chi connectivity index (χ3n) is 2.47. The van der Waals surface area contributed by atoms with Crippen molar-refractivity contribution in [3.63, 3.8) is 0 Å². The Morgan fingerprint density at radius 2 is 1.45 bits per heavy atom. The number of carbonyl (C=O) groups excluding carboxylic acids is 2. The minimum atomic E-state index is -2.83. The van der Waals surface area contributed by atoms with Gasteiger partial charge in [0.2, 0.25) is 0 Å². The second-order valence-corrected chi connectivity index (χ2v) is 3.95. The average molecular weight is 284 g/mol. The molecule has 0 heterocycles. The zero-order valence-corrected chi connectivity index (χ0v) is 11.4. The molecule has 0 saturated heterocycles. The molecule has 0 aliphatic heterocycles. The number of rotatable bonds is 9. The molecular formula is C13H17FN2O4. The summed E-state index contributed by atoms with van der Waals surface area (Å²) in [5.41, 5.74) is -2.83. The van der Waals surface area contributed by atoms with Gasteiger partial charge in [-0.05, 0) is 12.8 Å². The molecule has 0 unspecified atom stereocenters. The number of hydrogen-bond acceptors (Lipinski definition) is 6. The Hall–Kier alpha value is -2.15. The zero-order valence-electron chi connectivity index (χ0n) is 11.4. The van der Waals surface area contributed by atoms with Crippen LogP contribution in [0.1, 0.15) is 39.0 Å². The molecule has 0 aliphatic carbocycles. The molecule has 0 spiro atoms. The van der Waals surface area contributed by atoms with Gasteiger partial charge in [0.05, 0.1) is 25.4 Å². The van der Waals surface area contributed by atoms with Crippen molar-refractivity contribution in [2.24, 2.45) is 0 Å². The number of esters is 2. The van der Waals surface area contributed by atoms with Crippen molar-refractivity contribution in [1.82, 2.24) is 0 Å². The quantitative estimate of drug-likeness (QED) is 0.363. The van der Waals surface area contributed by atoms with Crippen LogP contribution in [0.15, 0.2) is 0 Å². The maximum Gasteiger partial charge on any atom is 0.355 e. The molecule has 7 heteroatoms. The number of unbranched alkanes of at least 4 members (excludes halogenated alkanes) is 2. The van der Waals surface area contributed by atoms with E-state index in [2.05, 4.69) is 9.47 Å². The van der Waals surface area contributed by atoms with Gasteiger partial charge in [-0.25, -0.2) is 14.0 Å². The van der Waals surface area contributed by atoms with Crippen molar-refractivity contribution < 1.29 is 23.5 Å². The van der Waals surface area contributed by atoms with E-state index in [1.54, 1.807) is 0 Å². The molecule has 0 fully saturated rings. The number of nitrogens with zero attached hydrogens (tertiary/aromatic N) is 2. The normalized spacial score (nSPS) is 10.2. The van der Waals surface area contributed by atoms with Crippen molar-refractivity contribution in [2.75, 3.05) is 13.2 Å². The van der Waals surface area contributed by atoms with Gasteiger partial charge < -0.3 is 9.47 Å². The van der Waals surface area contributed by atoms with Crippen LogP contribution in [0.4, 0.5) is 4.39 Å². The molecule has 0 saturated carbocycles. The van der Waals surface area contributed by atoms with Crippen LogP contribution in [-0.2, 0) is 19.1 Å². The lowest BCUT2D eigenvalue weighted by Gasteiger charge is -2.20. The minimum absolute atomic E-state index is 0.125. The summed E-state index contributed by atoms with van der Waals surface area (Å²) >= 11 is 0. The predicted molar refractivity (Wildman–Crippen MR) is 65.7 cm³/mol. The van der Waals surface area contributed by atoms with Crippen LogP contribution in [0.25, 0.3) is 0 Å². The van der Waals surface area contributed by atoms with Crippen LogP contribution in [0, 0.1) is 22.7 Å². The standard InChI is InChI=1S/C13H17FN2O4/c1-2-13(14,11(17)19-9-5-3-7-15)12(18)20-10-6-4-8-16/h2-6,9-10H2,1H3. The topological polar surface area (TPSA) is 100 Å². The van der Waals surface area contributed by atoms with E-state index in [0.717, 1.165) is 0 Å². The van der Waals surface area contributed by atoms with Crippen molar-refractivity contribution in [2.45, 2.75) is 44.7 Å². The number of alkyl halides is 1.